The number of halogens is 1. The number of aliphatic hydroxyl groups is 1. The van der Waals surface area contributed by atoms with E-state index in [4.69, 9.17) is 16.3 Å². The molecule has 0 saturated carbocycles. The summed E-state index contributed by atoms with van der Waals surface area (Å²) >= 11 is 6.08. The Bertz CT molecular complexity index is 312. The van der Waals surface area contributed by atoms with Gasteiger partial charge in [-0.05, 0) is 37.0 Å². The van der Waals surface area contributed by atoms with Gasteiger partial charge in [0.2, 0.25) is 0 Å². The summed E-state index contributed by atoms with van der Waals surface area (Å²) in [5.74, 6) is 0. The first-order chi connectivity index (χ1) is 7.13. The van der Waals surface area contributed by atoms with Crippen molar-refractivity contribution in [1.29, 1.82) is 0 Å². The predicted molar refractivity (Wildman–Crippen MR) is 62.4 cm³/mol. The van der Waals surface area contributed by atoms with Crippen LogP contribution in [0.4, 0.5) is 0 Å². The smallest absolute Gasteiger partial charge is 0.0776 e. The lowest BCUT2D eigenvalue weighted by molar-refractivity contribution is 0.0595. The minimum Gasteiger partial charge on any atom is -0.391 e. The molecular weight excluding hydrogens is 212 g/mol. The predicted octanol–water partition coefficient (Wildman–Crippen LogP) is 2.59. The van der Waals surface area contributed by atoms with Gasteiger partial charge in [-0.2, -0.15) is 0 Å². The lowest BCUT2D eigenvalue weighted by Gasteiger charge is -2.10. The Morgan fingerprint density at radius 2 is 2.20 bits per heavy atom. The van der Waals surface area contributed by atoms with Gasteiger partial charge < -0.3 is 9.84 Å². The van der Waals surface area contributed by atoms with Gasteiger partial charge in [-0.15, -0.1) is 0 Å². The highest BCUT2D eigenvalue weighted by Crippen LogP contribution is 2.19. The molecule has 15 heavy (non-hydrogen) atoms. The van der Waals surface area contributed by atoms with E-state index in [-0.39, 0.29) is 0 Å². The number of aryl methyl sites for hydroxylation is 2. The second-order valence-electron chi connectivity index (χ2n) is 3.74. The van der Waals surface area contributed by atoms with Gasteiger partial charge in [-0.25, -0.2) is 0 Å². The highest BCUT2D eigenvalue weighted by molar-refractivity contribution is 6.31. The molecule has 0 aliphatic carbocycles. The maximum atomic E-state index is 9.49. The maximum Gasteiger partial charge on any atom is 0.0776 e. The molecule has 1 aromatic carbocycles. The monoisotopic (exact) mass is 228 g/mol. The van der Waals surface area contributed by atoms with Crippen molar-refractivity contribution >= 4 is 11.6 Å². The van der Waals surface area contributed by atoms with Crippen LogP contribution in [0.15, 0.2) is 18.2 Å². The largest absolute Gasteiger partial charge is 0.391 e. The number of aliphatic hydroxyl groups excluding tert-OH is 1. The molecule has 84 valence electrons. The molecule has 2 nitrogen and oxygen atoms in total. The molecule has 0 aliphatic rings. The van der Waals surface area contributed by atoms with Crippen LogP contribution in [0.1, 0.15) is 17.5 Å². The van der Waals surface area contributed by atoms with Gasteiger partial charge in [0.05, 0.1) is 12.7 Å². The third kappa shape index (κ3) is 4.20. The summed E-state index contributed by atoms with van der Waals surface area (Å²) in [6, 6.07) is 5.99. The highest BCUT2D eigenvalue weighted by Gasteiger charge is 2.06. The van der Waals surface area contributed by atoms with Crippen LogP contribution >= 0.6 is 11.6 Å². The zero-order chi connectivity index (χ0) is 11.3. The molecule has 1 N–H and O–H groups in total. The molecule has 3 heteroatoms. The Kier molecular flexibility index (Phi) is 5.09. The molecule has 1 atom stereocenters. The second kappa shape index (κ2) is 6.11. The van der Waals surface area contributed by atoms with Crippen molar-refractivity contribution in [1.82, 2.24) is 0 Å². The van der Waals surface area contributed by atoms with E-state index < -0.39 is 6.10 Å². The lowest BCUT2D eigenvalue weighted by atomic mass is 10.1. The van der Waals surface area contributed by atoms with Crippen molar-refractivity contribution in [3.05, 3.63) is 34.3 Å². The zero-order valence-electron chi connectivity index (χ0n) is 9.16. The third-order valence-corrected chi connectivity index (χ3v) is 2.67. The molecule has 0 aliphatic heterocycles. The molecule has 0 saturated heterocycles. The minimum absolute atomic E-state index is 0.378. The molecule has 0 amide bonds. The Hall–Kier alpha value is -0.570. The average molecular weight is 229 g/mol. The lowest BCUT2D eigenvalue weighted by Crippen LogP contribution is -2.14. The van der Waals surface area contributed by atoms with Crippen LogP contribution in [-0.4, -0.2) is 24.9 Å². The molecule has 0 aromatic heterocycles. The van der Waals surface area contributed by atoms with E-state index in [0.717, 1.165) is 22.6 Å². The van der Waals surface area contributed by atoms with E-state index in [0.29, 0.717) is 13.0 Å². The van der Waals surface area contributed by atoms with Crippen LogP contribution in [0.25, 0.3) is 0 Å². The molecule has 1 aromatic rings. The first kappa shape index (κ1) is 12.5. The molecule has 0 spiro atoms. The van der Waals surface area contributed by atoms with Gasteiger partial charge >= 0.3 is 0 Å². The topological polar surface area (TPSA) is 29.5 Å². The molecule has 1 rings (SSSR count). The fourth-order valence-electron chi connectivity index (χ4n) is 1.45. The van der Waals surface area contributed by atoms with E-state index in [1.54, 1.807) is 7.11 Å². The summed E-state index contributed by atoms with van der Waals surface area (Å²) in [5, 5.41) is 10.3. The Balaban J connectivity index is 2.50. The standard InChI is InChI=1S/C12H17ClO2/c1-9-3-4-10(12(13)7-9)5-6-11(14)8-15-2/h3-4,7,11,14H,5-6,8H2,1-2H3. The molecule has 0 radical (unpaired) electrons. The van der Waals surface area contributed by atoms with Crippen molar-refractivity contribution in [2.24, 2.45) is 0 Å². The summed E-state index contributed by atoms with van der Waals surface area (Å²) < 4.78 is 4.86. The Morgan fingerprint density at radius 1 is 1.47 bits per heavy atom. The molecule has 0 heterocycles. The maximum absolute atomic E-state index is 9.49. The van der Waals surface area contributed by atoms with E-state index in [1.165, 1.54) is 0 Å². The van der Waals surface area contributed by atoms with E-state index in [9.17, 15) is 5.11 Å². The first-order valence-electron chi connectivity index (χ1n) is 5.05. The van der Waals surface area contributed by atoms with Crippen LogP contribution in [0, 0.1) is 6.92 Å². The zero-order valence-corrected chi connectivity index (χ0v) is 9.92. The van der Waals surface area contributed by atoms with E-state index in [2.05, 4.69) is 0 Å². The normalized spacial score (nSPS) is 12.8. The number of hydrogen-bond donors (Lipinski definition) is 1. The fraction of sp³-hybridized carbons (Fsp3) is 0.500. The van der Waals surface area contributed by atoms with E-state index >= 15 is 0 Å². The van der Waals surface area contributed by atoms with Gasteiger partial charge in [0.15, 0.2) is 0 Å². The Labute approximate surface area is 95.8 Å². The van der Waals surface area contributed by atoms with Crippen LogP contribution < -0.4 is 0 Å². The number of rotatable bonds is 5. The van der Waals surface area contributed by atoms with Crippen molar-refractivity contribution in [3.63, 3.8) is 0 Å². The molecular formula is C12H17ClO2. The van der Waals surface area contributed by atoms with Crippen molar-refractivity contribution in [2.75, 3.05) is 13.7 Å². The quantitative estimate of drug-likeness (QED) is 0.840. The molecule has 0 fully saturated rings. The van der Waals surface area contributed by atoms with Gasteiger partial charge in [-0.1, -0.05) is 23.7 Å². The Morgan fingerprint density at radius 3 is 2.80 bits per heavy atom. The van der Waals surface area contributed by atoms with Gasteiger partial charge in [0, 0.05) is 12.1 Å². The van der Waals surface area contributed by atoms with Crippen molar-refractivity contribution in [2.45, 2.75) is 25.9 Å². The van der Waals surface area contributed by atoms with Gasteiger partial charge in [0.1, 0.15) is 0 Å². The highest BCUT2D eigenvalue weighted by atomic mass is 35.5. The number of benzene rings is 1. The number of hydrogen-bond acceptors (Lipinski definition) is 2. The van der Waals surface area contributed by atoms with Crippen LogP contribution in [0.2, 0.25) is 5.02 Å². The molecule has 0 bridgehead atoms. The van der Waals surface area contributed by atoms with Crippen LogP contribution in [-0.2, 0) is 11.2 Å². The van der Waals surface area contributed by atoms with Gasteiger partial charge in [-0.3, -0.25) is 0 Å². The average Bonchev–Trinajstić information content (AvgIpc) is 2.17. The summed E-state index contributed by atoms with van der Waals surface area (Å²) in [6.45, 7) is 2.39. The van der Waals surface area contributed by atoms with Gasteiger partial charge in [0.25, 0.3) is 0 Å². The van der Waals surface area contributed by atoms with Crippen LogP contribution in [0.5, 0.6) is 0 Å². The molecule has 1 unspecified atom stereocenters. The van der Waals surface area contributed by atoms with Crippen LogP contribution in [0.3, 0.4) is 0 Å². The fourth-order valence-corrected chi connectivity index (χ4v) is 1.78. The second-order valence-corrected chi connectivity index (χ2v) is 4.15. The van der Waals surface area contributed by atoms with Crippen molar-refractivity contribution in [3.8, 4) is 0 Å². The number of methoxy groups -OCH3 is 1. The minimum atomic E-state index is -0.410. The summed E-state index contributed by atoms with van der Waals surface area (Å²) in [4.78, 5) is 0. The first-order valence-corrected chi connectivity index (χ1v) is 5.43. The summed E-state index contributed by atoms with van der Waals surface area (Å²) in [6.07, 6.45) is 1.05. The van der Waals surface area contributed by atoms with Crippen molar-refractivity contribution < 1.29 is 9.84 Å². The third-order valence-electron chi connectivity index (χ3n) is 2.31. The van der Waals surface area contributed by atoms with E-state index in [1.807, 2.05) is 25.1 Å². The number of ether oxygens (including phenoxy) is 1. The summed E-state index contributed by atoms with van der Waals surface area (Å²) in [5.41, 5.74) is 2.23. The summed E-state index contributed by atoms with van der Waals surface area (Å²) in [7, 11) is 1.59. The SMILES string of the molecule is COCC(O)CCc1ccc(C)cc1Cl.